The van der Waals surface area contributed by atoms with Gasteiger partial charge in [0.15, 0.2) is 0 Å². The van der Waals surface area contributed by atoms with E-state index in [4.69, 9.17) is 4.74 Å². The molecule has 3 aliphatic heterocycles. The van der Waals surface area contributed by atoms with E-state index in [-0.39, 0.29) is 11.4 Å². The molecule has 0 saturated carbocycles. The maximum Gasteiger partial charge on any atom is 0.282 e. The first-order valence-electron chi connectivity index (χ1n) is 9.26. The predicted octanol–water partition coefficient (Wildman–Crippen LogP) is 3.10. The number of nitrogens with one attached hydrogen (secondary N) is 1. The number of para-hydroxylation sites is 1. The first-order valence-corrected chi connectivity index (χ1v) is 9.26. The fourth-order valence-electron chi connectivity index (χ4n) is 3.85. The fraction of sp³-hybridized carbons (Fsp3) is 0.238. The molecule has 1 saturated heterocycles. The van der Waals surface area contributed by atoms with Crippen molar-refractivity contribution in [3.05, 3.63) is 64.3 Å². The summed E-state index contributed by atoms with van der Waals surface area (Å²) in [6.07, 6.45) is 0. The second kappa shape index (κ2) is 6.45. The van der Waals surface area contributed by atoms with Crippen LogP contribution in [-0.4, -0.2) is 41.1 Å². The van der Waals surface area contributed by atoms with Crippen LogP contribution in [0.2, 0.25) is 0 Å². The quantitative estimate of drug-likeness (QED) is 0.582. The van der Waals surface area contributed by atoms with Gasteiger partial charge in [0.1, 0.15) is 11.5 Å². The SMILES string of the molecule is Cc1[nH]c2cc(N3CCOCC3)c(F)cc2c2nn(-c3ccccc3)c(=O)c1-2. The van der Waals surface area contributed by atoms with Crippen molar-refractivity contribution in [2.75, 3.05) is 31.2 Å². The summed E-state index contributed by atoms with van der Waals surface area (Å²) in [7, 11) is 0. The van der Waals surface area contributed by atoms with Crippen molar-refractivity contribution in [2.24, 2.45) is 0 Å². The van der Waals surface area contributed by atoms with E-state index in [9.17, 15) is 9.18 Å². The summed E-state index contributed by atoms with van der Waals surface area (Å²) >= 11 is 0. The molecule has 0 aromatic heterocycles. The number of aryl methyl sites for hydroxylation is 1. The Morgan fingerprint density at radius 3 is 2.64 bits per heavy atom. The molecule has 0 aliphatic carbocycles. The second-order valence-corrected chi connectivity index (χ2v) is 6.97. The van der Waals surface area contributed by atoms with E-state index in [0.717, 1.165) is 5.52 Å². The minimum Gasteiger partial charge on any atom is -0.378 e. The molecule has 0 spiro atoms. The number of H-pyrrole nitrogens is 1. The van der Waals surface area contributed by atoms with Crippen LogP contribution in [0.15, 0.2) is 47.3 Å². The molecule has 0 unspecified atom stereocenters. The molecule has 7 heteroatoms. The van der Waals surface area contributed by atoms with Crippen LogP contribution in [0.3, 0.4) is 0 Å². The molecule has 28 heavy (non-hydrogen) atoms. The molecule has 0 amide bonds. The Bertz CT molecular complexity index is 1190. The Morgan fingerprint density at radius 1 is 1.14 bits per heavy atom. The molecule has 0 atom stereocenters. The number of pyridine rings is 1. The zero-order valence-corrected chi connectivity index (χ0v) is 15.4. The topological polar surface area (TPSA) is 63.2 Å². The largest absolute Gasteiger partial charge is 0.378 e. The lowest BCUT2D eigenvalue weighted by atomic mass is 10.0. The Hall–Kier alpha value is -3.19. The smallest absolute Gasteiger partial charge is 0.282 e. The monoisotopic (exact) mass is 378 g/mol. The van der Waals surface area contributed by atoms with Gasteiger partial charge in [-0.05, 0) is 31.2 Å². The van der Waals surface area contributed by atoms with E-state index in [1.54, 1.807) is 6.07 Å². The first kappa shape index (κ1) is 16.9. The lowest BCUT2D eigenvalue weighted by Crippen LogP contribution is -2.36. The normalized spacial score (nSPS) is 14.9. The van der Waals surface area contributed by atoms with Gasteiger partial charge < -0.3 is 14.6 Å². The summed E-state index contributed by atoms with van der Waals surface area (Å²) in [5.41, 5.74) is 3.47. The average molecular weight is 378 g/mol. The van der Waals surface area contributed by atoms with Crippen LogP contribution in [0, 0.1) is 12.7 Å². The molecule has 5 rings (SSSR count). The lowest BCUT2D eigenvalue weighted by Gasteiger charge is -2.29. The summed E-state index contributed by atoms with van der Waals surface area (Å²) in [6, 6.07) is 12.5. The van der Waals surface area contributed by atoms with E-state index in [1.807, 2.05) is 42.2 Å². The highest BCUT2D eigenvalue weighted by Crippen LogP contribution is 2.33. The minimum atomic E-state index is -0.324. The number of fused-ring (bicyclic) bond motifs is 3. The standard InChI is InChI=1S/C21H19FN4O2/c1-13-19-20(24-26(21(19)27)14-5-3-2-4-6-14)15-11-16(22)18(12-17(15)23-13)25-7-9-28-10-8-25/h2-6,11-12,23H,7-10H2,1H3. The fourth-order valence-corrected chi connectivity index (χ4v) is 3.85. The molecule has 1 N–H and O–H groups in total. The highest BCUT2D eigenvalue weighted by molar-refractivity contribution is 5.96. The number of benzene rings is 2. The zero-order valence-electron chi connectivity index (χ0n) is 15.4. The predicted molar refractivity (Wildman–Crippen MR) is 106 cm³/mol. The summed E-state index contributed by atoms with van der Waals surface area (Å²) in [6.45, 7) is 4.31. The number of hydrogen-bond donors (Lipinski definition) is 1. The molecule has 0 bridgehead atoms. The molecule has 3 aliphatic rings. The molecule has 1 fully saturated rings. The van der Waals surface area contributed by atoms with Gasteiger partial charge in [-0.3, -0.25) is 4.79 Å². The van der Waals surface area contributed by atoms with Crippen LogP contribution in [0.1, 0.15) is 5.69 Å². The van der Waals surface area contributed by atoms with E-state index in [1.165, 1.54) is 10.7 Å². The number of ether oxygens (including phenoxy) is 1. The molecule has 2 aromatic rings. The lowest BCUT2D eigenvalue weighted by molar-refractivity contribution is 0.122. The van der Waals surface area contributed by atoms with Crippen LogP contribution in [0.4, 0.5) is 10.1 Å². The third kappa shape index (κ3) is 2.58. The number of nitrogens with zero attached hydrogens (tertiary/aromatic N) is 3. The van der Waals surface area contributed by atoms with Crippen LogP contribution in [-0.2, 0) is 4.74 Å². The van der Waals surface area contributed by atoms with Gasteiger partial charge in [-0.1, -0.05) is 18.2 Å². The molecular weight excluding hydrogens is 359 g/mol. The highest BCUT2D eigenvalue weighted by Gasteiger charge is 2.24. The van der Waals surface area contributed by atoms with Gasteiger partial charge in [0, 0.05) is 24.2 Å². The third-order valence-corrected chi connectivity index (χ3v) is 5.23. The van der Waals surface area contributed by atoms with Gasteiger partial charge in [0.25, 0.3) is 5.56 Å². The van der Waals surface area contributed by atoms with Gasteiger partial charge in [0.2, 0.25) is 0 Å². The molecule has 142 valence electrons. The van der Waals surface area contributed by atoms with Crippen molar-refractivity contribution in [3.8, 4) is 16.9 Å². The molecular formula is C21H19FN4O2. The van der Waals surface area contributed by atoms with Crippen LogP contribution >= 0.6 is 0 Å². The number of aromatic amines is 1. The zero-order chi connectivity index (χ0) is 19.3. The number of morpholine rings is 1. The van der Waals surface area contributed by atoms with Gasteiger partial charge in [-0.15, -0.1) is 0 Å². The third-order valence-electron chi connectivity index (χ3n) is 5.23. The summed E-state index contributed by atoms with van der Waals surface area (Å²) in [4.78, 5) is 18.2. The van der Waals surface area contributed by atoms with Crippen LogP contribution in [0.5, 0.6) is 0 Å². The maximum absolute atomic E-state index is 15.0. The first-order chi connectivity index (χ1) is 13.6. The number of rotatable bonds is 2. The van der Waals surface area contributed by atoms with Gasteiger partial charge in [-0.25, -0.2) is 4.39 Å². The van der Waals surface area contributed by atoms with Crippen LogP contribution < -0.4 is 10.5 Å². The number of halogens is 1. The van der Waals surface area contributed by atoms with Gasteiger partial charge >= 0.3 is 0 Å². The minimum absolute atomic E-state index is 0.213. The summed E-state index contributed by atoms with van der Waals surface area (Å²) in [5.74, 6) is -0.324. The second-order valence-electron chi connectivity index (χ2n) is 6.97. The van der Waals surface area contributed by atoms with Crippen molar-refractivity contribution < 1.29 is 9.13 Å². The Balaban J connectivity index is 1.74. The number of hydrogen-bond acceptors (Lipinski definition) is 4. The van der Waals surface area contributed by atoms with Gasteiger partial charge in [0.05, 0.1) is 35.7 Å². The maximum atomic E-state index is 15.0. The van der Waals surface area contributed by atoms with E-state index < -0.39 is 0 Å². The molecule has 2 aromatic carbocycles. The van der Waals surface area contributed by atoms with Crippen molar-refractivity contribution in [3.63, 3.8) is 0 Å². The summed E-state index contributed by atoms with van der Waals surface area (Å²) < 4.78 is 21.7. The Kier molecular flexibility index (Phi) is 3.91. The summed E-state index contributed by atoms with van der Waals surface area (Å²) in [5, 5.41) is 5.14. The Morgan fingerprint density at radius 2 is 1.89 bits per heavy atom. The van der Waals surface area contributed by atoms with Crippen molar-refractivity contribution >= 4 is 16.6 Å². The van der Waals surface area contributed by atoms with E-state index >= 15 is 0 Å². The highest BCUT2D eigenvalue weighted by atomic mass is 19.1. The molecule has 6 nitrogen and oxygen atoms in total. The molecule has 0 radical (unpaired) electrons. The van der Waals surface area contributed by atoms with E-state index in [0.29, 0.717) is 60.0 Å². The average Bonchev–Trinajstić information content (AvgIpc) is 3.08. The number of aromatic nitrogens is 3. The number of anilines is 1. The molecule has 3 heterocycles. The van der Waals surface area contributed by atoms with Crippen molar-refractivity contribution in [1.82, 2.24) is 14.8 Å². The van der Waals surface area contributed by atoms with Crippen molar-refractivity contribution in [1.29, 1.82) is 0 Å². The van der Waals surface area contributed by atoms with Crippen molar-refractivity contribution in [2.45, 2.75) is 6.92 Å². The Labute approximate surface area is 160 Å². The van der Waals surface area contributed by atoms with Gasteiger partial charge in [-0.2, -0.15) is 9.78 Å². The van der Waals surface area contributed by atoms with E-state index in [2.05, 4.69) is 10.1 Å². The van der Waals surface area contributed by atoms with Crippen LogP contribution in [0.25, 0.3) is 27.8 Å².